The molecular weight excluding hydrogens is 430 g/mol. The predicted octanol–water partition coefficient (Wildman–Crippen LogP) is 3.74. The molecule has 0 spiro atoms. The third-order valence-corrected chi connectivity index (χ3v) is 6.53. The van der Waals surface area contributed by atoms with Crippen molar-refractivity contribution < 1.29 is 18.6 Å². The van der Waals surface area contributed by atoms with Gasteiger partial charge in [0.15, 0.2) is 0 Å². The summed E-state index contributed by atoms with van der Waals surface area (Å²) in [6, 6.07) is 8.96. The van der Waals surface area contributed by atoms with Crippen LogP contribution in [0.1, 0.15) is 54.6 Å². The molecule has 4 N–H and O–H groups in total. The van der Waals surface area contributed by atoms with Crippen LogP contribution in [0.25, 0.3) is 10.9 Å². The highest BCUT2D eigenvalue weighted by molar-refractivity contribution is 5.91. The Balaban J connectivity index is 1.34. The van der Waals surface area contributed by atoms with Gasteiger partial charge in [-0.3, -0.25) is 10.1 Å². The van der Waals surface area contributed by atoms with Gasteiger partial charge in [-0.2, -0.15) is 5.10 Å². The summed E-state index contributed by atoms with van der Waals surface area (Å²) in [5, 5.41) is 18.1. The molecule has 172 valence electrons. The van der Waals surface area contributed by atoms with Gasteiger partial charge in [-0.1, -0.05) is 12.1 Å². The summed E-state index contributed by atoms with van der Waals surface area (Å²) in [6.45, 7) is 0. The molecule has 2 aromatic heterocycles. The van der Waals surface area contributed by atoms with E-state index in [1.54, 1.807) is 19.2 Å². The summed E-state index contributed by atoms with van der Waals surface area (Å²) in [5.74, 6) is -0.964. The topological polar surface area (TPSA) is 123 Å². The van der Waals surface area contributed by atoms with Gasteiger partial charge in [0.25, 0.3) is 5.92 Å². The Morgan fingerprint density at radius 1 is 1.12 bits per heavy atom. The zero-order chi connectivity index (χ0) is 23.2. The molecule has 33 heavy (non-hydrogen) atoms. The lowest BCUT2D eigenvalue weighted by atomic mass is 9.71. The van der Waals surface area contributed by atoms with Crippen molar-refractivity contribution in [1.82, 2.24) is 25.1 Å². The number of aromatic nitrogens is 5. The van der Waals surface area contributed by atoms with E-state index in [1.807, 2.05) is 18.2 Å². The Labute approximate surface area is 188 Å². The van der Waals surface area contributed by atoms with Crippen molar-refractivity contribution in [2.75, 3.05) is 12.8 Å². The monoisotopic (exact) mass is 454 g/mol. The largest absolute Gasteiger partial charge is 0.494 e. The van der Waals surface area contributed by atoms with E-state index in [2.05, 4.69) is 25.1 Å². The quantitative estimate of drug-likeness (QED) is 0.549. The average Bonchev–Trinajstić information content (AvgIpc) is 2.81. The van der Waals surface area contributed by atoms with Crippen molar-refractivity contribution in [2.24, 2.45) is 0 Å². The van der Waals surface area contributed by atoms with Gasteiger partial charge in [0.05, 0.1) is 7.11 Å². The van der Waals surface area contributed by atoms with Gasteiger partial charge in [-0.15, -0.1) is 0 Å². The SMILES string of the molecule is COc1cccc2c(N)nc(C3CC(c4ccc(C5(O)CC(F)(F)C5)cn4)C3)[nH]ncnc12. The molecule has 8 nitrogen and oxygen atoms in total. The van der Waals surface area contributed by atoms with Crippen molar-refractivity contribution in [3.63, 3.8) is 0 Å². The number of pyridine rings is 1. The summed E-state index contributed by atoms with van der Waals surface area (Å²) in [6.07, 6.45) is 3.36. The molecule has 1 aromatic carbocycles. The highest BCUT2D eigenvalue weighted by atomic mass is 19.3. The normalized spacial score (nSPS) is 22.7. The molecule has 3 aromatic rings. The summed E-state index contributed by atoms with van der Waals surface area (Å²) in [7, 11) is 1.56. The number of para-hydroxylation sites is 1. The minimum atomic E-state index is -2.81. The number of hydrogen-bond acceptors (Lipinski definition) is 7. The number of aliphatic hydroxyl groups is 1. The lowest BCUT2D eigenvalue weighted by molar-refractivity contribution is -0.210. The number of nitrogens with zero attached hydrogens (tertiary/aromatic N) is 4. The van der Waals surface area contributed by atoms with Crippen molar-refractivity contribution in [1.29, 1.82) is 0 Å². The van der Waals surface area contributed by atoms with Gasteiger partial charge in [-0.05, 0) is 31.0 Å². The molecule has 2 fully saturated rings. The van der Waals surface area contributed by atoms with E-state index in [0.29, 0.717) is 33.9 Å². The highest BCUT2D eigenvalue weighted by Crippen LogP contribution is 2.52. The number of H-pyrrole nitrogens is 1. The predicted molar refractivity (Wildman–Crippen MR) is 117 cm³/mol. The van der Waals surface area contributed by atoms with Crippen molar-refractivity contribution in [3.05, 3.63) is 59.9 Å². The van der Waals surface area contributed by atoms with Crippen LogP contribution in [0.3, 0.4) is 0 Å². The first kappa shape index (κ1) is 21.4. The van der Waals surface area contributed by atoms with Crippen LogP contribution >= 0.6 is 0 Å². The Hall–Kier alpha value is -3.40. The average molecular weight is 454 g/mol. The maximum absolute atomic E-state index is 13.2. The molecule has 5 rings (SSSR count). The number of ether oxygens (including phenoxy) is 1. The number of anilines is 1. The maximum Gasteiger partial charge on any atom is 0.254 e. The number of rotatable bonds is 4. The molecule has 2 saturated carbocycles. The second kappa shape index (κ2) is 7.87. The molecule has 2 aliphatic rings. The number of methoxy groups -OCH3 is 1. The lowest BCUT2D eigenvalue weighted by Crippen LogP contribution is -2.49. The fourth-order valence-electron chi connectivity index (χ4n) is 4.62. The van der Waals surface area contributed by atoms with E-state index in [1.165, 1.54) is 12.5 Å². The van der Waals surface area contributed by atoms with Gasteiger partial charge in [0.1, 0.15) is 34.8 Å². The molecule has 2 heterocycles. The first-order valence-corrected chi connectivity index (χ1v) is 10.7. The zero-order valence-corrected chi connectivity index (χ0v) is 18.0. The Bertz CT molecular complexity index is 1230. The van der Waals surface area contributed by atoms with E-state index in [4.69, 9.17) is 10.5 Å². The minimum Gasteiger partial charge on any atom is -0.494 e. The van der Waals surface area contributed by atoms with Crippen LogP contribution < -0.4 is 10.5 Å². The second-order valence-corrected chi connectivity index (χ2v) is 8.80. The lowest BCUT2D eigenvalue weighted by Gasteiger charge is -2.43. The Morgan fingerprint density at radius 3 is 2.58 bits per heavy atom. The summed E-state index contributed by atoms with van der Waals surface area (Å²) in [5.41, 5.74) is 6.66. The van der Waals surface area contributed by atoms with Gasteiger partial charge < -0.3 is 15.6 Å². The molecular formula is C23H24F2N6O2. The second-order valence-electron chi connectivity index (χ2n) is 8.80. The van der Waals surface area contributed by atoms with Crippen LogP contribution in [0, 0.1) is 0 Å². The number of nitrogens with two attached hydrogens (primary N) is 1. The molecule has 2 aliphatic carbocycles. The Kier molecular flexibility index (Phi) is 5.12. The van der Waals surface area contributed by atoms with Gasteiger partial charge >= 0.3 is 0 Å². The van der Waals surface area contributed by atoms with E-state index < -0.39 is 24.4 Å². The van der Waals surface area contributed by atoms with Crippen LogP contribution in [0.4, 0.5) is 14.6 Å². The van der Waals surface area contributed by atoms with Crippen LogP contribution in [0.2, 0.25) is 0 Å². The van der Waals surface area contributed by atoms with E-state index in [-0.39, 0.29) is 11.8 Å². The van der Waals surface area contributed by atoms with Crippen molar-refractivity contribution in [3.8, 4) is 5.75 Å². The van der Waals surface area contributed by atoms with Gasteiger partial charge in [0, 0.05) is 47.5 Å². The van der Waals surface area contributed by atoms with Crippen molar-refractivity contribution in [2.45, 2.75) is 49.0 Å². The molecule has 0 aliphatic heterocycles. The molecule has 0 unspecified atom stereocenters. The smallest absolute Gasteiger partial charge is 0.254 e. The molecule has 10 heteroatoms. The molecule has 0 atom stereocenters. The number of benzene rings is 1. The maximum atomic E-state index is 13.2. The number of aromatic amines is 1. The summed E-state index contributed by atoms with van der Waals surface area (Å²) in [4.78, 5) is 13.4. The van der Waals surface area contributed by atoms with Gasteiger partial charge in [-0.25, -0.2) is 18.7 Å². The molecule has 0 bridgehead atoms. The standard InChI is InChI=1S/C23H24F2N6O2/c1-33-18-4-2-3-16-19(18)28-12-29-31-21(30-20(16)26)14-7-13(8-14)17-6-5-15(9-27-17)22(32)10-23(24,25)11-22/h2-6,9,12-14,32H,7-8,10-11,26H2,1H3,(H,30,31). The first-order chi connectivity index (χ1) is 15.8. The van der Waals surface area contributed by atoms with E-state index in [9.17, 15) is 13.9 Å². The fraction of sp³-hybridized carbons (Fsp3) is 0.391. The number of nitrogens with one attached hydrogen (secondary N) is 1. The summed E-state index contributed by atoms with van der Waals surface area (Å²) < 4.78 is 31.8. The fourth-order valence-corrected chi connectivity index (χ4v) is 4.62. The van der Waals surface area contributed by atoms with Crippen molar-refractivity contribution >= 4 is 16.7 Å². The number of alkyl halides is 2. The third kappa shape index (κ3) is 3.95. The van der Waals surface area contributed by atoms with Gasteiger partial charge in [0.2, 0.25) is 0 Å². The summed E-state index contributed by atoms with van der Waals surface area (Å²) >= 11 is 0. The van der Waals surface area contributed by atoms with Crippen LogP contribution in [0.5, 0.6) is 5.75 Å². The number of fused-ring (bicyclic) bond motifs is 1. The third-order valence-electron chi connectivity index (χ3n) is 6.53. The highest BCUT2D eigenvalue weighted by Gasteiger charge is 2.56. The Morgan fingerprint density at radius 2 is 1.91 bits per heavy atom. The number of halogens is 2. The van der Waals surface area contributed by atoms with E-state index >= 15 is 0 Å². The first-order valence-electron chi connectivity index (χ1n) is 10.7. The van der Waals surface area contributed by atoms with E-state index in [0.717, 1.165) is 18.5 Å². The molecule has 0 amide bonds. The molecule has 0 radical (unpaired) electrons. The minimum absolute atomic E-state index is 0.105. The number of hydrogen-bond donors (Lipinski definition) is 3. The van der Waals surface area contributed by atoms with Crippen LogP contribution in [0.15, 0.2) is 42.9 Å². The molecule has 0 saturated heterocycles. The van der Waals surface area contributed by atoms with Crippen LogP contribution in [-0.2, 0) is 5.60 Å². The number of nitrogen functional groups attached to an aromatic ring is 1. The zero-order valence-electron chi connectivity index (χ0n) is 18.0. The van der Waals surface area contributed by atoms with Crippen LogP contribution in [-0.4, -0.2) is 43.3 Å².